The highest BCUT2D eigenvalue weighted by Gasteiger charge is 2.12. The second-order valence-electron chi connectivity index (χ2n) is 4.25. The van der Waals surface area contributed by atoms with E-state index in [2.05, 4.69) is 5.32 Å². The molecule has 94 valence electrons. The molecule has 1 aromatic carbocycles. The Morgan fingerprint density at radius 3 is 2.76 bits per heavy atom. The van der Waals surface area contributed by atoms with Gasteiger partial charge in [0.2, 0.25) is 0 Å². The maximum absolute atomic E-state index is 13.0. The van der Waals surface area contributed by atoms with Crippen LogP contribution in [0, 0.1) is 5.82 Å². The fraction of sp³-hybridized carbons (Fsp3) is 0.417. The number of nitrogens with one attached hydrogen (secondary N) is 1. The standard InChI is InChI=1S/C12H18FN3O/c1-8(16(2)3)7-15-12(17)10-6-9(13)4-5-11(10)14/h4-6,8H,7,14H2,1-3H3,(H,15,17). The van der Waals surface area contributed by atoms with Crippen LogP contribution >= 0.6 is 0 Å². The van der Waals surface area contributed by atoms with Gasteiger partial charge >= 0.3 is 0 Å². The molecule has 1 atom stereocenters. The molecule has 0 aromatic heterocycles. The topological polar surface area (TPSA) is 58.4 Å². The molecule has 17 heavy (non-hydrogen) atoms. The first-order chi connectivity index (χ1) is 7.91. The summed E-state index contributed by atoms with van der Waals surface area (Å²) in [5, 5.41) is 2.72. The van der Waals surface area contributed by atoms with Gasteiger partial charge in [-0.25, -0.2) is 4.39 Å². The average Bonchev–Trinajstić information content (AvgIpc) is 2.28. The molecule has 0 fully saturated rings. The second kappa shape index (κ2) is 5.63. The van der Waals surface area contributed by atoms with E-state index in [1.165, 1.54) is 12.1 Å². The van der Waals surface area contributed by atoms with E-state index in [-0.39, 0.29) is 23.2 Å². The number of halogens is 1. The number of anilines is 1. The molecular weight excluding hydrogens is 221 g/mol. The van der Waals surface area contributed by atoms with Gasteiger partial charge in [0.05, 0.1) is 5.56 Å². The Morgan fingerprint density at radius 1 is 1.53 bits per heavy atom. The van der Waals surface area contributed by atoms with Crippen molar-refractivity contribution in [2.75, 3.05) is 26.4 Å². The molecule has 0 aliphatic heterocycles. The van der Waals surface area contributed by atoms with Crippen LogP contribution in [-0.4, -0.2) is 37.5 Å². The molecule has 0 heterocycles. The molecule has 0 aliphatic rings. The third kappa shape index (κ3) is 3.71. The fourth-order valence-electron chi connectivity index (χ4n) is 1.24. The molecule has 4 nitrogen and oxygen atoms in total. The number of rotatable bonds is 4. The van der Waals surface area contributed by atoms with Crippen molar-refractivity contribution in [3.05, 3.63) is 29.6 Å². The van der Waals surface area contributed by atoms with Gasteiger partial charge in [0.25, 0.3) is 5.91 Å². The van der Waals surface area contributed by atoms with E-state index in [1.807, 2.05) is 25.9 Å². The van der Waals surface area contributed by atoms with Crippen LogP contribution in [0.15, 0.2) is 18.2 Å². The van der Waals surface area contributed by atoms with E-state index >= 15 is 0 Å². The van der Waals surface area contributed by atoms with Gasteiger partial charge < -0.3 is 16.0 Å². The van der Waals surface area contributed by atoms with E-state index in [4.69, 9.17) is 5.73 Å². The largest absolute Gasteiger partial charge is 0.398 e. The Hall–Kier alpha value is -1.62. The van der Waals surface area contributed by atoms with E-state index < -0.39 is 5.82 Å². The van der Waals surface area contributed by atoms with Crippen LogP contribution in [0.3, 0.4) is 0 Å². The summed E-state index contributed by atoms with van der Waals surface area (Å²) in [5.41, 5.74) is 6.07. The molecule has 5 heteroatoms. The first-order valence-electron chi connectivity index (χ1n) is 5.41. The van der Waals surface area contributed by atoms with Gasteiger partial charge in [-0.05, 0) is 39.2 Å². The monoisotopic (exact) mass is 239 g/mol. The predicted octanol–water partition coefficient (Wildman–Crippen LogP) is 1.09. The first kappa shape index (κ1) is 13.4. The number of carbonyl (C=O) groups excluding carboxylic acids is 1. The van der Waals surface area contributed by atoms with Gasteiger partial charge in [-0.3, -0.25) is 4.79 Å². The van der Waals surface area contributed by atoms with Crippen molar-refractivity contribution in [3.63, 3.8) is 0 Å². The zero-order valence-corrected chi connectivity index (χ0v) is 10.3. The van der Waals surface area contributed by atoms with Crippen LogP contribution in [0.25, 0.3) is 0 Å². The summed E-state index contributed by atoms with van der Waals surface area (Å²) in [6.45, 7) is 2.47. The zero-order chi connectivity index (χ0) is 13.0. The number of likely N-dealkylation sites (N-methyl/N-ethyl adjacent to an activating group) is 1. The Bertz CT molecular complexity index is 407. The van der Waals surface area contributed by atoms with E-state index in [0.29, 0.717) is 6.54 Å². The number of nitrogens with two attached hydrogens (primary N) is 1. The van der Waals surface area contributed by atoms with Gasteiger partial charge in [-0.2, -0.15) is 0 Å². The van der Waals surface area contributed by atoms with Gasteiger partial charge in [-0.1, -0.05) is 0 Å². The summed E-state index contributed by atoms with van der Waals surface area (Å²) < 4.78 is 13.0. The third-order valence-electron chi connectivity index (χ3n) is 2.70. The van der Waals surface area contributed by atoms with E-state index in [0.717, 1.165) is 6.07 Å². The molecule has 0 bridgehead atoms. The molecule has 1 rings (SSSR count). The number of carbonyl (C=O) groups is 1. The summed E-state index contributed by atoms with van der Waals surface area (Å²) in [4.78, 5) is 13.7. The van der Waals surface area contributed by atoms with Gasteiger partial charge in [0.15, 0.2) is 0 Å². The van der Waals surface area contributed by atoms with Crippen molar-refractivity contribution in [2.45, 2.75) is 13.0 Å². The van der Waals surface area contributed by atoms with Crippen molar-refractivity contribution in [1.29, 1.82) is 0 Å². The molecule has 3 N–H and O–H groups in total. The Kier molecular flexibility index (Phi) is 4.45. The number of amides is 1. The fourth-order valence-corrected chi connectivity index (χ4v) is 1.24. The number of nitrogens with zero attached hydrogens (tertiary/aromatic N) is 1. The number of benzene rings is 1. The van der Waals surface area contributed by atoms with Crippen molar-refractivity contribution in [2.24, 2.45) is 0 Å². The number of hydrogen-bond acceptors (Lipinski definition) is 3. The summed E-state index contributed by atoms with van der Waals surface area (Å²) in [7, 11) is 3.85. The molecule has 0 saturated heterocycles. The normalized spacial score (nSPS) is 12.5. The zero-order valence-electron chi connectivity index (χ0n) is 10.3. The molecule has 1 unspecified atom stereocenters. The van der Waals surface area contributed by atoms with Gasteiger partial charge in [0, 0.05) is 18.3 Å². The lowest BCUT2D eigenvalue weighted by atomic mass is 10.1. The third-order valence-corrected chi connectivity index (χ3v) is 2.70. The minimum Gasteiger partial charge on any atom is -0.398 e. The average molecular weight is 239 g/mol. The molecule has 0 aliphatic carbocycles. The summed E-state index contributed by atoms with van der Waals surface area (Å²) >= 11 is 0. The molecule has 1 amide bonds. The van der Waals surface area contributed by atoms with Crippen molar-refractivity contribution < 1.29 is 9.18 Å². The molecule has 0 spiro atoms. The predicted molar refractivity (Wildman–Crippen MR) is 66.3 cm³/mol. The molecular formula is C12H18FN3O. The van der Waals surface area contributed by atoms with Crippen LogP contribution in [0.1, 0.15) is 17.3 Å². The summed E-state index contributed by atoms with van der Waals surface area (Å²) in [5.74, 6) is -0.819. The Morgan fingerprint density at radius 2 is 2.18 bits per heavy atom. The van der Waals surface area contributed by atoms with Crippen molar-refractivity contribution in [1.82, 2.24) is 10.2 Å². The van der Waals surface area contributed by atoms with Gasteiger partial charge in [-0.15, -0.1) is 0 Å². The summed E-state index contributed by atoms with van der Waals surface area (Å²) in [6.07, 6.45) is 0. The Balaban J connectivity index is 2.67. The number of nitrogen functional groups attached to an aromatic ring is 1. The minimum atomic E-state index is -0.468. The van der Waals surface area contributed by atoms with Gasteiger partial charge in [0.1, 0.15) is 5.82 Å². The van der Waals surface area contributed by atoms with Crippen LogP contribution in [0.5, 0.6) is 0 Å². The maximum Gasteiger partial charge on any atom is 0.253 e. The molecule has 1 aromatic rings. The van der Waals surface area contributed by atoms with Crippen LogP contribution < -0.4 is 11.1 Å². The quantitative estimate of drug-likeness (QED) is 0.773. The minimum absolute atomic E-state index is 0.177. The molecule has 0 radical (unpaired) electrons. The lowest BCUT2D eigenvalue weighted by Gasteiger charge is -2.20. The van der Waals surface area contributed by atoms with Crippen molar-refractivity contribution in [3.8, 4) is 0 Å². The highest BCUT2D eigenvalue weighted by Crippen LogP contribution is 2.12. The highest BCUT2D eigenvalue weighted by molar-refractivity contribution is 5.99. The lowest BCUT2D eigenvalue weighted by molar-refractivity contribution is 0.0944. The van der Waals surface area contributed by atoms with E-state index in [9.17, 15) is 9.18 Å². The van der Waals surface area contributed by atoms with Crippen LogP contribution in [-0.2, 0) is 0 Å². The highest BCUT2D eigenvalue weighted by atomic mass is 19.1. The van der Waals surface area contributed by atoms with Crippen LogP contribution in [0.4, 0.5) is 10.1 Å². The lowest BCUT2D eigenvalue weighted by Crippen LogP contribution is -2.38. The SMILES string of the molecule is CC(CNC(=O)c1cc(F)ccc1N)N(C)C. The molecule has 0 saturated carbocycles. The number of hydrogen-bond donors (Lipinski definition) is 2. The van der Waals surface area contributed by atoms with E-state index in [1.54, 1.807) is 0 Å². The maximum atomic E-state index is 13.0. The van der Waals surface area contributed by atoms with Crippen LogP contribution in [0.2, 0.25) is 0 Å². The first-order valence-corrected chi connectivity index (χ1v) is 5.41. The van der Waals surface area contributed by atoms with Crippen molar-refractivity contribution >= 4 is 11.6 Å². The Labute approximate surface area is 101 Å². The second-order valence-corrected chi connectivity index (χ2v) is 4.25. The summed E-state index contributed by atoms with van der Waals surface area (Å²) in [6, 6.07) is 3.97. The smallest absolute Gasteiger partial charge is 0.253 e.